The van der Waals surface area contributed by atoms with Crippen molar-refractivity contribution in [1.82, 2.24) is 4.90 Å². The van der Waals surface area contributed by atoms with E-state index in [0.717, 1.165) is 62.5 Å². The number of anilines is 1. The summed E-state index contributed by atoms with van der Waals surface area (Å²) in [4.78, 5) is 4.30. The van der Waals surface area contributed by atoms with Crippen LogP contribution in [-0.4, -0.2) is 42.5 Å². The number of allylic oxidation sites excluding steroid dienone is 3. The van der Waals surface area contributed by atoms with Gasteiger partial charge < -0.3 is 19.6 Å². The van der Waals surface area contributed by atoms with Gasteiger partial charge in [-0.3, -0.25) is 0 Å². The first-order valence-electron chi connectivity index (χ1n) is 11.6. The topological polar surface area (TPSA) is 35.9 Å². The van der Waals surface area contributed by atoms with Gasteiger partial charge in [0, 0.05) is 50.2 Å². The van der Waals surface area contributed by atoms with Gasteiger partial charge in [0.1, 0.15) is 12.1 Å². The van der Waals surface area contributed by atoms with E-state index in [9.17, 15) is 9.50 Å². The molecular formula is C25H35FN2O2. The molecule has 4 nitrogen and oxygen atoms in total. The smallest absolute Gasteiger partial charge is 0.129 e. The highest BCUT2D eigenvalue weighted by molar-refractivity contribution is 5.49. The molecule has 0 amide bonds. The Balaban J connectivity index is 1.31. The minimum atomic E-state index is -0.369. The van der Waals surface area contributed by atoms with E-state index in [2.05, 4.69) is 41.0 Å². The molecule has 4 rings (SSSR count). The largest absolute Gasteiger partial charge is 0.498 e. The number of hydrogen-bond acceptors (Lipinski definition) is 4. The van der Waals surface area contributed by atoms with E-state index in [4.69, 9.17) is 4.74 Å². The fraction of sp³-hybridized carbons (Fsp3) is 0.600. The molecule has 1 N–H and O–H groups in total. The second kappa shape index (κ2) is 9.42. The Morgan fingerprint density at radius 3 is 2.43 bits per heavy atom. The maximum Gasteiger partial charge on any atom is 0.129 e. The number of rotatable bonds is 6. The van der Waals surface area contributed by atoms with Crippen LogP contribution < -0.4 is 4.90 Å². The van der Waals surface area contributed by atoms with Crippen LogP contribution in [0.15, 0.2) is 47.6 Å². The molecule has 0 aromatic heterocycles. The number of piperidine rings is 1. The van der Waals surface area contributed by atoms with E-state index in [1.807, 2.05) is 13.0 Å². The van der Waals surface area contributed by atoms with Crippen LogP contribution in [-0.2, 0) is 11.2 Å². The number of benzene rings is 1. The highest BCUT2D eigenvalue weighted by Gasteiger charge is 2.29. The predicted molar refractivity (Wildman–Crippen MR) is 119 cm³/mol. The van der Waals surface area contributed by atoms with Gasteiger partial charge in [-0.1, -0.05) is 19.1 Å². The van der Waals surface area contributed by atoms with Crippen LogP contribution in [0, 0.1) is 11.8 Å². The summed E-state index contributed by atoms with van der Waals surface area (Å²) in [6.45, 7) is 7.44. The van der Waals surface area contributed by atoms with Crippen LogP contribution in [0.3, 0.4) is 0 Å². The Bertz CT molecular complexity index is 777. The normalized spacial score (nSPS) is 25.7. The van der Waals surface area contributed by atoms with E-state index < -0.39 is 0 Å². The Morgan fingerprint density at radius 2 is 1.80 bits per heavy atom. The number of nitrogens with zero attached hydrogens (tertiary/aromatic N) is 2. The summed E-state index contributed by atoms with van der Waals surface area (Å²) >= 11 is 0. The highest BCUT2D eigenvalue weighted by atomic mass is 19.1. The molecule has 2 saturated heterocycles. The molecule has 2 aliphatic heterocycles. The molecule has 0 radical (unpaired) electrons. The van der Waals surface area contributed by atoms with Crippen molar-refractivity contribution in [2.24, 2.45) is 11.8 Å². The van der Waals surface area contributed by atoms with Crippen molar-refractivity contribution in [2.45, 2.75) is 58.6 Å². The number of likely N-dealkylation sites (tertiary alicyclic amines) is 1. The van der Waals surface area contributed by atoms with Gasteiger partial charge in [-0.15, -0.1) is 0 Å². The lowest BCUT2D eigenvalue weighted by atomic mass is 9.89. The quantitative estimate of drug-likeness (QED) is 0.711. The third-order valence-electron chi connectivity index (χ3n) is 6.90. The predicted octanol–water partition coefficient (Wildman–Crippen LogP) is 5.00. The van der Waals surface area contributed by atoms with Crippen LogP contribution in [0.5, 0.6) is 0 Å². The number of halogens is 1. The molecule has 0 saturated carbocycles. The van der Waals surface area contributed by atoms with Crippen LogP contribution in [0.2, 0.25) is 0 Å². The third kappa shape index (κ3) is 4.66. The molecular weight excluding hydrogens is 379 g/mol. The van der Waals surface area contributed by atoms with Crippen molar-refractivity contribution < 1.29 is 14.2 Å². The Labute approximate surface area is 180 Å². The SMILES string of the molecule is CCOC1=CC(N2CCC(Cc3ccc(N4CCC(C)C4O)cc3)CC2)=C(F)CC1. The van der Waals surface area contributed by atoms with Crippen LogP contribution in [0.25, 0.3) is 0 Å². The average Bonchev–Trinajstić information content (AvgIpc) is 3.09. The van der Waals surface area contributed by atoms with Gasteiger partial charge in [0.25, 0.3) is 0 Å². The molecule has 0 spiro atoms. The van der Waals surface area contributed by atoms with E-state index in [1.54, 1.807) is 0 Å². The number of aliphatic hydroxyl groups is 1. The molecule has 3 aliphatic rings. The number of hydrogen-bond donors (Lipinski definition) is 1. The molecule has 1 aromatic carbocycles. The van der Waals surface area contributed by atoms with Crippen molar-refractivity contribution in [2.75, 3.05) is 31.1 Å². The molecule has 2 fully saturated rings. The summed E-state index contributed by atoms with van der Waals surface area (Å²) in [5.41, 5.74) is 3.20. The second-order valence-electron chi connectivity index (χ2n) is 9.01. The van der Waals surface area contributed by atoms with Crippen molar-refractivity contribution in [3.8, 4) is 0 Å². The summed E-state index contributed by atoms with van der Waals surface area (Å²) in [5.74, 6) is 1.88. The first-order valence-corrected chi connectivity index (χ1v) is 11.6. The fourth-order valence-corrected chi connectivity index (χ4v) is 4.97. The summed E-state index contributed by atoms with van der Waals surface area (Å²) < 4.78 is 20.0. The van der Waals surface area contributed by atoms with Gasteiger partial charge in [0.15, 0.2) is 0 Å². The van der Waals surface area contributed by atoms with E-state index >= 15 is 0 Å². The Kier molecular flexibility index (Phi) is 6.67. The van der Waals surface area contributed by atoms with Crippen molar-refractivity contribution >= 4 is 5.69 Å². The number of aliphatic hydroxyl groups excluding tert-OH is 1. The Hall–Kier alpha value is -2.01. The average molecular weight is 415 g/mol. The van der Waals surface area contributed by atoms with E-state index in [0.29, 0.717) is 31.3 Å². The van der Waals surface area contributed by atoms with Crippen molar-refractivity contribution in [3.05, 3.63) is 53.2 Å². The van der Waals surface area contributed by atoms with Crippen LogP contribution >= 0.6 is 0 Å². The molecule has 164 valence electrons. The van der Waals surface area contributed by atoms with Crippen LogP contribution in [0.1, 0.15) is 51.5 Å². The number of ether oxygens (including phenoxy) is 1. The summed E-state index contributed by atoms with van der Waals surface area (Å²) in [5, 5.41) is 10.3. The lowest BCUT2D eigenvalue weighted by Gasteiger charge is -2.35. The maximum atomic E-state index is 14.4. The van der Waals surface area contributed by atoms with Crippen molar-refractivity contribution in [3.63, 3.8) is 0 Å². The maximum absolute atomic E-state index is 14.4. The first-order chi connectivity index (χ1) is 14.5. The molecule has 30 heavy (non-hydrogen) atoms. The minimum Gasteiger partial charge on any atom is -0.498 e. The van der Waals surface area contributed by atoms with Gasteiger partial charge in [-0.25, -0.2) is 4.39 Å². The standard InChI is InChI=1S/C25H35FN2O2/c1-3-30-22-8-9-23(26)24(17-22)27-13-11-20(12-14-27)16-19-4-6-21(7-5-19)28-15-10-18(2)25(28)29/h4-7,17-18,20,25,29H,3,8-16H2,1-2H3. The highest BCUT2D eigenvalue weighted by Crippen LogP contribution is 2.32. The second-order valence-corrected chi connectivity index (χ2v) is 9.01. The lowest BCUT2D eigenvalue weighted by Crippen LogP contribution is -2.34. The Morgan fingerprint density at radius 1 is 1.07 bits per heavy atom. The minimum absolute atomic E-state index is 0.00547. The fourth-order valence-electron chi connectivity index (χ4n) is 4.97. The van der Waals surface area contributed by atoms with E-state index in [-0.39, 0.29) is 12.1 Å². The molecule has 2 heterocycles. The van der Waals surface area contributed by atoms with Gasteiger partial charge in [0.2, 0.25) is 0 Å². The molecule has 1 aromatic rings. The zero-order valence-electron chi connectivity index (χ0n) is 18.3. The van der Waals surface area contributed by atoms with E-state index in [1.165, 1.54) is 5.56 Å². The molecule has 1 aliphatic carbocycles. The lowest BCUT2D eigenvalue weighted by molar-refractivity contribution is 0.143. The van der Waals surface area contributed by atoms with Gasteiger partial charge in [0.05, 0.1) is 18.1 Å². The van der Waals surface area contributed by atoms with Gasteiger partial charge in [-0.05, 0) is 56.2 Å². The zero-order valence-corrected chi connectivity index (χ0v) is 18.3. The molecule has 0 bridgehead atoms. The monoisotopic (exact) mass is 414 g/mol. The van der Waals surface area contributed by atoms with Crippen LogP contribution in [0.4, 0.5) is 10.1 Å². The summed E-state index contributed by atoms with van der Waals surface area (Å²) in [6, 6.07) is 8.71. The summed E-state index contributed by atoms with van der Waals surface area (Å²) in [6.07, 6.45) is 6.94. The van der Waals surface area contributed by atoms with Gasteiger partial charge >= 0.3 is 0 Å². The first kappa shape index (κ1) is 21.2. The molecule has 5 heteroatoms. The zero-order chi connectivity index (χ0) is 21.1. The molecule has 2 atom stereocenters. The van der Waals surface area contributed by atoms with Gasteiger partial charge in [-0.2, -0.15) is 0 Å². The molecule has 2 unspecified atom stereocenters. The summed E-state index contributed by atoms with van der Waals surface area (Å²) in [7, 11) is 0. The third-order valence-corrected chi connectivity index (χ3v) is 6.90. The van der Waals surface area contributed by atoms with Crippen molar-refractivity contribution in [1.29, 1.82) is 0 Å².